The molecule has 7 heteroatoms. The highest BCUT2D eigenvalue weighted by molar-refractivity contribution is 5.50. The molecule has 0 aliphatic rings. The van der Waals surface area contributed by atoms with Crippen molar-refractivity contribution in [3.8, 4) is 11.6 Å². The third-order valence-corrected chi connectivity index (χ3v) is 2.57. The van der Waals surface area contributed by atoms with E-state index in [-0.39, 0.29) is 11.6 Å². The van der Waals surface area contributed by atoms with Crippen molar-refractivity contribution in [3.63, 3.8) is 0 Å². The Morgan fingerprint density at radius 3 is 2.53 bits per heavy atom. The van der Waals surface area contributed by atoms with E-state index in [0.717, 1.165) is 0 Å². The van der Waals surface area contributed by atoms with Crippen LogP contribution in [0.5, 0.6) is 11.6 Å². The van der Waals surface area contributed by atoms with Gasteiger partial charge in [0.15, 0.2) is 0 Å². The van der Waals surface area contributed by atoms with Crippen LogP contribution in [-0.2, 0) is 0 Å². The molecule has 0 radical (unpaired) electrons. The Hall–Kier alpha value is -2.70. The van der Waals surface area contributed by atoms with Gasteiger partial charge >= 0.3 is 0 Å². The lowest BCUT2D eigenvalue weighted by Crippen LogP contribution is -1.98. The number of ether oxygens (including phenoxy) is 1. The minimum absolute atomic E-state index is 0.0632. The maximum atomic E-state index is 10.8. The van der Waals surface area contributed by atoms with Gasteiger partial charge in [-0.1, -0.05) is 0 Å². The molecular weight excluding hydrogens is 248 g/mol. The number of nitrogens with zero attached hydrogens (tertiary/aromatic N) is 3. The second-order valence-corrected chi connectivity index (χ2v) is 4.06. The van der Waals surface area contributed by atoms with Crippen LogP contribution in [0.25, 0.3) is 0 Å². The molecular formula is C12H12N4O3. The standard InChI is InChI=1S/C12H12N4O3/c1-7-6-10(8(2)5-9(7)16(17)18)19-12-4-3-11(13)14-15-12/h3-6H,1-2H3,(H2,13,14). The molecule has 2 aromatic rings. The first-order valence-corrected chi connectivity index (χ1v) is 5.50. The predicted molar refractivity (Wildman–Crippen MR) is 69.1 cm³/mol. The quantitative estimate of drug-likeness (QED) is 0.671. The van der Waals surface area contributed by atoms with Crippen LogP contribution in [0.15, 0.2) is 24.3 Å². The van der Waals surface area contributed by atoms with Crippen LogP contribution in [0.1, 0.15) is 11.1 Å². The lowest BCUT2D eigenvalue weighted by molar-refractivity contribution is -0.385. The lowest BCUT2D eigenvalue weighted by Gasteiger charge is -2.08. The molecule has 2 rings (SSSR count). The molecule has 0 saturated heterocycles. The zero-order valence-corrected chi connectivity index (χ0v) is 10.5. The number of nitro benzene ring substituents is 1. The molecule has 19 heavy (non-hydrogen) atoms. The smallest absolute Gasteiger partial charge is 0.272 e. The molecule has 1 aromatic heterocycles. The second-order valence-electron chi connectivity index (χ2n) is 4.06. The SMILES string of the molecule is Cc1cc([N+](=O)[O-])c(C)cc1Oc1ccc(N)nn1. The van der Waals surface area contributed by atoms with Crippen molar-refractivity contribution in [2.45, 2.75) is 13.8 Å². The number of benzene rings is 1. The number of nitrogen functional groups attached to an aromatic ring is 1. The summed E-state index contributed by atoms with van der Waals surface area (Å²) in [7, 11) is 0. The summed E-state index contributed by atoms with van der Waals surface area (Å²) in [5.41, 5.74) is 6.66. The van der Waals surface area contributed by atoms with Crippen molar-refractivity contribution in [1.82, 2.24) is 10.2 Å². The summed E-state index contributed by atoms with van der Waals surface area (Å²) in [6.45, 7) is 3.38. The monoisotopic (exact) mass is 260 g/mol. The molecule has 1 aromatic carbocycles. The van der Waals surface area contributed by atoms with Gasteiger partial charge in [-0.25, -0.2) is 0 Å². The van der Waals surface area contributed by atoms with Crippen LogP contribution in [0, 0.1) is 24.0 Å². The number of nitro groups is 1. The number of anilines is 1. The first-order valence-electron chi connectivity index (χ1n) is 5.50. The maximum absolute atomic E-state index is 10.8. The zero-order valence-electron chi connectivity index (χ0n) is 10.5. The summed E-state index contributed by atoms with van der Waals surface area (Å²) >= 11 is 0. The minimum atomic E-state index is -0.421. The van der Waals surface area contributed by atoms with Gasteiger partial charge < -0.3 is 10.5 Å². The summed E-state index contributed by atoms with van der Waals surface area (Å²) in [5.74, 6) is 1.08. The molecule has 0 amide bonds. The molecule has 0 bridgehead atoms. The van der Waals surface area contributed by atoms with E-state index in [0.29, 0.717) is 22.7 Å². The summed E-state index contributed by atoms with van der Waals surface area (Å²) in [6, 6.07) is 6.22. The van der Waals surface area contributed by atoms with Crippen LogP contribution >= 0.6 is 0 Å². The summed E-state index contributed by atoms with van der Waals surface area (Å²) in [5, 5.41) is 18.2. The summed E-state index contributed by atoms with van der Waals surface area (Å²) in [6.07, 6.45) is 0. The fourth-order valence-corrected chi connectivity index (χ4v) is 1.58. The van der Waals surface area contributed by atoms with Gasteiger partial charge in [-0.05, 0) is 31.5 Å². The van der Waals surface area contributed by atoms with Crippen molar-refractivity contribution >= 4 is 11.5 Å². The van der Waals surface area contributed by atoms with Crippen LogP contribution < -0.4 is 10.5 Å². The van der Waals surface area contributed by atoms with Crippen LogP contribution in [-0.4, -0.2) is 15.1 Å². The Labute approximate surface area is 109 Å². The van der Waals surface area contributed by atoms with Gasteiger partial charge in [0.2, 0.25) is 5.88 Å². The van der Waals surface area contributed by atoms with E-state index in [4.69, 9.17) is 10.5 Å². The number of aromatic nitrogens is 2. The highest BCUT2D eigenvalue weighted by Crippen LogP contribution is 2.30. The van der Waals surface area contributed by atoms with Gasteiger partial charge in [0.05, 0.1) is 4.92 Å². The summed E-state index contributed by atoms with van der Waals surface area (Å²) < 4.78 is 5.53. The van der Waals surface area contributed by atoms with Crippen molar-refractivity contribution < 1.29 is 9.66 Å². The average Bonchev–Trinajstić information content (AvgIpc) is 2.35. The Kier molecular flexibility index (Phi) is 3.28. The van der Waals surface area contributed by atoms with E-state index >= 15 is 0 Å². The molecule has 2 N–H and O–H groups in total. The molecule has 0 aliphatic carbocycles. The molecule has 0 fully saturated rings. The van der Waals surface area contributed by atoms with Gasteiger partial charge in [0.1, 0.15) is 11.6 Å². The molecule has 0 saturated carbocycles. The number of aryl methyl sites for hydroxylation is 2. The highest BCUT2D eigenvalue weighted by atomic mass is 16.6. The van der Waals surface area contributed by atoms with Crippen LogP contribution in [0.3, 0.4) is 0 Å². The molecule has 0 atom stereocenters. The van der Waals surface area contributed by atoms with E-state index in [1.54, 1.807) is 32.0 Å². The van der Waals surface area contributed by atoms with Gasteiger partial charge in [0, 0.05) is 17.7 Å². The summed E-state index contributed by atoms with van der Waals surface area (Å²) in [4.78, 5) is 10.4. The zero-order chi connectivity index (χ0) is 14.0. The highest BCUT2D eigenvalue weighted by Gasteiger charge is 2.14. The fourth-order valence-electron chi connectivity index (χ4n) is 1.58. The second kappa shape index (κ2) is 4.89. The number of hydrogen-bond donors (Lipinski definition) is 1. The average molecular weight is 260 g/mol. The Bertz CT molecular complexity index is 626. The number of hydrogen-bond acceptors (Lipinski definition) is 6. The molecule has 7 nitrogen and oxygen atoms in total. The molecule has 98 valence electrons. The minimum Gasteiger partial charge on any atom is -0.437 e. The van der Waals surface area contributed by atoms with Crippen molar-refractivity contribution in [2.75, 3.05) is 5.73 Å². The van der Waals surface area contributed by atoms with Crippen LogP contribution in [0.2, 0.25) is 0 Å². The predicted octanol–water partition coefficient (Wildman–Crippen LogP) is 2.38. The van der Waals surface area contributed by atoms with E-state index in [1.165, 1.54) is 6.07 Å². The van der Waals surface area contributed by atoms with E-state index in [9.17, 15) is 10.1 Å². The van der Waals surface area contributed by atoms with Gasteiger partial charge in [0.25, 0.3) is 5.69 Å². The first kappa shape index (κ1) is 12.7. The fraction of sp³-hybridized carbons (Fsp3) is 0.167. The molecule has 1 heterocycles. The van der Waals surface area contributed by atoms with Crippen molar-refractivity contribution in [2.24, 2.45) is 0 Å². The first-order chi connectivity index (χ1) is 8.97. The molecule has 0 spiro atoms. The molecule has 0 aliphatic heterocycles. The largest absolute Gasteiger partial charge is 0.437 e. The molecule has 0 unspecified atom stereocenters. The lowest BCUT2D eigenvalue weighted by atomic mass is 10.1. The van der Waals surface area contributed by atoms with E-state index < -0.39 is 4.92 Å². The maximum Gasteiger partial charge on any atom is 0.272 e. The van der Waals surface area contributed by atoms with Gasteiger partial charge in [-0.15, -0.1) is 10.2 Å². The van der Waals surface area contributed by atoms with E-state index in [2.05, 4.69) is 10.2 Å². The van der Waals surface area contributed by atoms with Gasteiger partial charge in [-0.3, -0.25) is 10.1 Å². The van der Waals surface area contributed by atoms with Crippen molar-refractivity contribution in [1.29, 1.82) is 0 Å². The third kappa shape index (κ3) is 2.76. The number of nitrogens with two attached hydrogens (primary N) is 1. The van der Waals surface area contributed by atoms with Gasteiger partial charge in [-0.2, -0.15) is 0 Å². The number of rotatable bonds is 3. The third-order valence-electron chi connectivity index (χ3n) is 2.57. The van der Waals surface area contributed by atoms with Crippen LogP contribution in [0.4, 0.5) is 11.5 Å². The van der Waals surface area contributed by atoms with E-state index in [1.807, 2.05) is 0 Å². The van der Waals surface area contributed by atoms with Crippen molar-refractivity contribution in [3.05, 3.63) is 45.5 Å². The normalized spacial score (nSPS) is 10.2. The Morgan fingerprint density at radius 2 is 1.95 bits per heavy atom. The Balaban J connectivity index is 2.33. The Morgan fingerprint density at radius 1 is 1.21 bits per heavy atom. The topological polar surface area (TPSA) is 104 Å².